The average Bonchev–Trinajstić information content (AvgIpc) is 2.80. The summed E-state index contributed by atoms with van der Waals surface area (Å²) in [6, 6.07) is 3.62. The Morgan fingerprint density at radius 1 is 1.19 bits per heavy atom. The number of carbonyl (C=O) groups excluding carboxylic acids is 3. The molecule has 3 aliphatic carbocycles. The molecule has 1 aromatic carbocycles. The number of aliphatic hydroxyl groups is 3. The van der Waals surface area contributed by atoms with Crippen molar-refractivity contribution >= 4 is 17.3 Å². The van der Waals surface area contributed by atoms with Gasteiger partial charge in [-0.1, -0.05) is 12.1 Å². The van der Waals surface area contributed by atoms with Gasteiger partial charge in [0.1, 0.15) is 11.4 Å². The predicted molar refractivity (Wildman–Crippen MR) is 124 cm³/mol. The Balaban J connectivity index is 1.52. The van der Waals surface area contributed by atoms with Gasteiger partial charge in [-0.3, -0.25) is 14.4 Å². The lowest BCUT2D eigenvalue weighted by Gasteiger charge is -2.51. The Bertz CT molecular complexity index is 1150. The molecule has 6 N–H and O–H groups in total. The van der Waals surface area contributed by atoms with Crippen molar-refractivity contribution in [3.8, 4) is 5.75 Å². The van der Waals surface area contributed by atoms with Gasteiger partial charge in [0.2, 0.25) is 0 Å². The lowest BCUT2D eigenvalue weighted by molar-refractivity contribution is -0.265. The molecule has 1 heterocycles. The Labute approximate surface area is 207 Å². The van der Waals surface area contributed by atoms with Crippen LogP contribution >= 0.6 is 0 Å². The van der Waals surface area contributed by atoms with Crippen molar-refractivity contribution in [3.05, 3.63) is 40.5 Å². The van der Waals surface area contributed by atoms with E-state index in [1.807, 2.05) is 0 Å². The molecule has 1 saturated carbocycles. The van der Waals surface area contributed by atoms with Crippen LogP contribution in [0, 0.1) is 11.8 Å². The third-order valence-corrected chi connectivity index (χ3v) is 8.33. The monoisotopic (exact) mass is 501 g/mol. The van der Waals surface area contributed by atoms with Crippen molar-refractivity contribution in [2.24, 2.45) is 17.6 Å². The first-order chi connectivity index (χ1) is 16.9. The van der Waals surface area contributed by atoms with E-state index >= 15 is 0 Å². The van der Waals surface area contributed by atoms with Gasteiger partial charge in [0.25, 0.3) is 0 Å². The minimum atomic E-state index is -1.75. The van der Waals surface area contributed by atoms with E-state index in [4.69, 9.17) is 15.2 Å². The van der Waals surface area contributed by atoms with E-state index in [2.05, 4.69) is 0 Å². The molecule has 0 spiro atoms. The molecule has 0 aromatic heterocycles. The van der Waals surface area contributed by atoms with Crippen LogP contribution in [0.25, 0.3) is 0 Å². The molecule has 1 saturated heterocycles. The normalized spacial score (nSPS) is 40.4. The van der Waals surface area contributed by atoms with Gasteiger partial charge >= 0.3 is 0 Å². The van der Waals surface area contributed by atoms with Gasteiger partial charge in [-0.2, -0.15) is 0 Å². The number of benzene rings is 1. The largest absolute Gasteiger partial charge is 0.507 e. The molecule has 0 radical (unpaired) electrons. The number of aliphatic hydroxyl groups excluding tert-OH is 2. The zero-order valence-electron chi connectivity index (χ0n) is 20.1. The second kappa shape index (κ2) is 8.83. The summed E-state index contributed by atoms with van der Waals surface area (Å²) in [5.41, 5.74) is 4.25. The second-order valence-corrected chi connectivity index (χ2v) is 10.6. The molecule has 1 aromatic rings. The van der Waals surface area contributed by atoms with Crippen molar-refractivity contribution in [2.75, 3.05) is 0 Å². The number of aromatic hydroxyl groups is 1. The van der Waals surface area contributed by atoms with Crippen LogP contribution in [0.2, 0.25) is 0 Å². The van der Waals surface area contributed by atoms with E-state index < -0.39 is 71.5 Å². The van der Waals surface area contributed by atoms with Crippen molar-refractivity contribution in [1.82, 2.24) is 0 Å². The SMILES string of the molecule is CC(=O)[C@]1(O)CC2CC3=C(C(=O)c4c(O)cccc4C3=O)C(O)C2[C@@H](O[C@H]2C[C@H](N)[C@H](O)[C@H](C)O2)C1. The molecule has 10 heteroatoms. The van der Waals surface area contributed by atoms with Gasteiger partial charge < -0.3 is 35.6 Å². The fourth-order valence-electron chi connectivity index (χ4n) is 6.38. The number of nitrogens with two attached hydrogens (primary N) is 1. The zero-order chi connectivity index (χ0) is 26.1. The van der Waals surface area contributed by atoms with Crippen LogP contribution in [0.5, 0.6) is 5.75 Å². The van der Waals surface area contributed by atoms with Gasteiger partial charge in [-0.25, -0.2) is 0 Å². The summed E-state index contributed by atoms with van der Waals surface area (Å²) >= 11 is 0. The maximum atomic E-state index is 13.4. The fourth-order valence-corrected chi connectivity index (χ4v) is 6.38. The summed E-state index contributed by atoms with van der Waals surface area (Å²) in [6.45, 7) is 2.93. The zero-order valence-corrected chi connectivity index (χ0v) is 20.1. The van der Waals surface area contributed by atoms with Crippen LogP contribution in [0.15, 0.2) is 29.3 Å². The number of carbonyl (C=O) groups is 3. The van der Waals surface area contributed by atoms with Crippen LogP contribution in [0.1, 0.15) is 60.2 Å². The minimum Gasteiger partial charge on any atom is -0.507 e. The molecular weight excluding hydrogens is 470 g/mol. The molecule has 10 nitrogen and oxygen atoms in total. The molecule has 3 unspecified atom stereocenters. The summed E-state index contributed by atoms with van der Waals surface area (Å²) in [5.74, 6) is -3.16. The van der Waals surface area contributed by atoms with E-state index in [0.29, 0.717) is 0 Å². The molecule has 9 atom stereocenters. The lowest BCUT2D eigenvalue weighted by atomic mass is 9.59. The van der Waals surface area contributed by atoms with Gasteiger partial charge in [0.15, 0.2) is 23.6 Å². The Morgan fingerprint density at radius 3 is 2.58 bits per heavy atom. The molecular formula is C26H31NO9. The topological polar surface area (TPSA) is 177 Å². The standard InChI is InChI=1S/C26H31NO9/c1-10-22(30)15(27)7-18(35-10)36-17-9-26(34,11(2)28)8-12-6-14-21(24(32)19(12)17)25(33)20-13(23(14)31)4-3-5-16(20)29/h3-5,10,12,15,17-19,22,24,29-30,32,34H,6-9,27H2,1-2H3/t10-,12?,15-,17-,18-,19?,22+,24?,26-/m0/s1. The predicted octanol–water partition coefficient (Wildman–Crippen LogP) is 0.387. The van der Waals surface area contributed by atoms with Crippen molar-refractivity contribution in [3.63, 3.8) is 0 Å². The molecule has 1 aliphatic heterocycles. The summed E-state index contributed by atoms with van der Waals surface area (Å²) < 4.78 is 11.9. The van der Waals surface area contributed by atoms with Gasteiger partial charge in [0.05, 0.1) is 30.0 Å². The minimum absolute atomic E-state index is 0.00474. The lowest BCUT2D eigenvalue weighted by Crippen LogP contribution is -2.59. The molecule has 36 heavy (non-hydrogen) atoms. The van der Waals surface area contributed by atoms with Crippen LogP contribution < -0.4 is 5.73 Å². The Morgan fingerprint density at radius 2 is 1.92 bits per heavy atom. The molecule has 0 amide bonds. The summed E-state index contributed by atoms with van der Waals surface area (Å²) in [5, 5.41) is 43.1. The fraction of sp³-hybridized carbons (Fsp3) is 0.577. The van der Waals surface area contributed by atoms with Crippen molar-refractivity contribution in [1.29, 1.82) is 0 Å². The van der Waals surface area contributed by atoms with E-state index in [0.717, 1.165) is 0 Å². The molecule has 0 bridgehead atoms. The van der Waals surface area contributed by atoms with Gasteiger partial charge in [0, 0.05) is 41.5 Å². The molecule has 4 aliphatic rings. The van der Waals surface area contributed by atoms with Gasteiger partial charge in [-0.05, 0) is 38.7 Å². The quantitative estimate of drug-likeness (QED) is 0.389. The molecule has 194 valence electrons. The van der Waals surface area contributed by atoms with E-state index in [-0.39, 0.29) is 53.7 Å². The highest BCUT2D eigenvalue weighted by molar-refractivity contribution is 6.28. The van der Waals surface area contributed by atoms with E-state index in [1.54, 1.807) is 6.92 Å². The summed E-state index contributed by atoms with van der Waals surface area (Å²) in [6.07, 6.45) is -4.63. The number of allylic oxidation sites excluding steroid dienone is 1. The number of ketones is 3. The van der Waals surface area contributed by atoms with Crippen LogP contribution in [0.4, 0.5) is 0 Å². The Kier molecular flexibility index (Phi) is 6.18. The molecule has 2 fully saturated rings. The Hall–Kier alpha value is -2.47. The number of ether oxygens (including phenoxy) is 2. The first-order valence-electron chi connectivity index (χ1n) is 12.2. The smallest absolute Gasteiger partial charge is 0.196 e. The highest BCUT2D eigenvalue weighted by Crippen LogP contribution is 2.51. The van der Waals surface area contributed by atoms with Crippen LogP contribution in [-0.2, 0) is 14.3 Å². The first kappa shape index (κ1) is 25.2. The average molecular weight is 502 g/mol. The number of hydrogen-bond donors (Lipinski definition) is 5. The third kappa shape index (κ3) is 3.84. The number of phenols is 1. The maximum Gasteiger partial charge on any atom is 0.196 e. The number of fused-ring (bicyclic) bond motifs is 2. The number of hydrogen-bond acceptors (Lipinski definition) is 10. The van der Waals surface area contributed by atoms with Gasteiger partial charge in [-0.15, -0.1) is 0 Å². The van der Waals surface area contributed by atoms with Crippen molar-refractivity contribution in [2.45, 2.75) is 81.9 Å². The first-order valence-corrected chi connectivity index (χ1v) is 12.2. The van der Waals surface area contributed by atoms with E-state index in [9.17, 15) is 34.8 Å². The second-order valence-electron chi connectivity index (χ2n) is 10.6. The highest BCUT2D eigenvalue weighted by atomic mass is 16.7. The number of phenolic OH excluding ortho intramolecular Hbond substituents is 1. The van der Waals surface area contributed by atoms with Crippen molar-refractivity contribution < 1.29 is 44.3 Å². The van der Waals surface area contributed by atoms with Crippen LogP contribution in [-0.4, -0.2) is 80.1 Å². The van der Waals surface area contributed by atoms with Crippen LogP contribution in [0.3, 0.4) is 0 Å². The third-order valence-electron chi connectivity index (χ3n) is 8.33. The molecule has 5 rings (SSSR count). The number of rotatable bonds is 3. The summed E-state index contributed by atoms with van der Waals surface area (Å²) in [4.78, 5) is 39.2. The maximum absolute atomic E-state index is 13.4. The highest BCUT2D eigenvalue weighted by Gasteiger charge is 2.56. The number of Topliss-reactive ketones (excluding diaryl/α,β-unsaturated/α-hetero) is 3. The summed E-state index contributed by atoms with van der Waals surface area (Å²) in [7, 11) is 0. The van der Waals surface area contributed by atoms with E-state index in [1.165, 1.54) is 25.1 Å².